The van der Waals surface area contributed by atoms with Gasteiger partial charge in [-0.25, -0.2) is 0 Å². The molecular formula is C12H20O2. The smallest absolute Gasteiger partial charge is 0.0615 e. The van der Waals surface area contributed by atoms with E-state index in [-0.39, 0.29) is 5.41 Å². The minimum absolute atomic E-state index is 0.201. The van der Waals surface area contributed by atoms with Crippen LogP contribution in [0, 0.1) is 16.7 Å². The zero-order valence-electron chi connectivity index (χ0n) is 9.12. The lowest BCUT2D eigenvalue weighted by Crippen LogP contribution is -2.32. The van der Waals surface area contributed by atoms with E-state index >= 15 is 0 Å². The van der Waals surface area contributed by atoms with E-state index in [1.165, 1.54) is 25.7 Å². The van der Waals surface area contributed by atoms with E-state index in [1.807, 2.05) is 0 Å². The molecule has 0 aromatic carbocycles. The second-order valence-corrected chi connectivity index (χ2v) is 6.09. The second kappa shape index (κ2) is 2.53. The maximum absolute atomic E-state index is 9.63. The SMILES string of the molecule is CC1(C)CC1(CO)C1CC2CCC1O2. The Kier molecular flexibility index (Phi) is 1.66. The Labute approximate surface area is 85.6 Å². The molecular weight excluding hydrogens is 176 g/mol. The second-order valence-electron chi connectivity index (χ2n) is 6.09. The van der Waals surface area contributed by atoms with Gasteiger partial charge in [0.1, 0.15) is 0 Å². The number of hydrogen-bond acceptors (Lipinski definition) is 2. The molecule has 0 amide bonds. The van der Waals surface area contributed by atoms with Gasteiger partial charge in [0.05, 0.1) is 12.2 Å². The van der Waals surface area contributed by atoms with E-state index in [2.05, 4.69) is 13.8 Å². The van der Waals surface area contributed by atoms with E-state index in [4.69, 9.17) is 4.74 Å². The molecule has 1 saturated carbocycles. The normalized spacial score (nSPS) is 53.8. The molecule has 0 radical (unpaired) electrons. The summed E-state index contributed by atoms with van der Waals surface area (Å²) in [5, 5.41) is 9.63. The third-order valence-corrected chi connectivity index (χ3v) is 5.08. The zero-order chi connectivity index (χ0) is 9.97. The van der Waals surface area contributed by atoms with Gasteiger partial charge in [-0.2, -0.15) is 0 Å². The third-order valence-electron chi connectivity index (χ3n) is 5.08. The highest BCUT2D eigenvalue weighted by atomic mass is 16.5. The quantitative estimate of drug-likeness (QED) is 0.731. The van der Waals surface area contributed by atoms with Crippen LogP contribution in [0.25, 0.3) is 0 Å². The predicted molar refractivity (Wildman–Crippen MR) is 53.9 cm³/mol. The van der Waals surface area contributed by atoms with Crippen LogP contribution in [-0.2, 0) is 4.74 Å². The summed E-state index contributed by atoms with van der Waals surface area (Å²) in [6, 6.07) is 0. The standard InChI is InChI=1S/C12H20O2/c1-11(2)6-12(11,7-13)9-5-8-3-4-10(9)14-8/h8-10,13H,3-7H2,1-2H3. The van der Waals surface area contributed by atoms with E-state index in [1.54, 1.807) is 0 Å². The highest BCUT2D eigenvalue weighted by molar-refractivity contribution is 5.16. The maximum atomic E-state index is 9.63. The van der Waals surface area contributed by atoms with Crippen molar-refractivity contribution in [3.05, 3.63) is 0 Å². The molecule has 2 heterocycles. The molecule has 3 fully saturated rings. The van der Waals surface area contributed by atoms with Crippen molar-refractivity contribution < 1.29 is 9.84 Å². The van der Waals surface area contributed by atoms with Gasteiger partial charge < -0.3 is 9.84 Å². The molecule has 14 heavy (non-hydrogen) atoms. The molecule has 1 aliphatic carbocycles. The summed E-state index contributed by atoms with van der Waals surface area (Å²) in [5.74, 6) is 0.640. The summed E-state index contributed by atoms with van der Waals surface area (Å²) < 4.78 is 5.90. The first-order valence-electron chi connectivity index (χ1n) is 5.85. The van der Waals surface area contributed by atoms with Crippen molar-refractivity contribution in [3.63, 3.8) is 0 Å². The van der Waals surface area contributed by atoms with Crippen LogP contribution in [0.1, 0.15) is 39.5 Å². The number of fused-ring (bicyclic) bond motifs is 2. The van der Waals surface area contributed by atoms with Gasteiger partial charge >= 0.3 is 0 Å². The number of aliphatic hydroxyl groups is 1. The van der Waals surface area contributed by atoms with Gasteiger partial charge in [0.25, 0.3) is 0 Å². The lowest BCUT2D eigenvalue weighted by Gasteiger charge is -2.30. The molecule has 1 N–H and O–H groups in total. The molecule has 2 saturated heterocycles. The number of rotatable bonds is 2. The molecule has 2 bridgehead atoms. The first-order chi connectivity index (χ1) is 6.59. The fourth-order valence-corrected chi connectivity index (χ4v) is 3.98. The highest BCUT2D eigenvalue weighted by Gasteiger charge is 2.68. The Morgan fingerprint density at radius 3 is 2.43 bits per heavy atom. The summed E-state index contributed by atoms with van der Waals surface area (Å²) in [5.41, 5.74) is 0.549. The van der Waals surface area contributed by atoms with Gasteiger partial charge in [0.2, 0.25) is 0 Å². The fourth-order valence-electron chi connectivity index (χ4n) is 3.98. The molecule has 80 valence electrons. The average Bonchev–Trinajstić information content (AvgIpc) is 2.62. The Hall–Kier alpha value is -0.0800. The topological polar surface area (TPSA) is 29.5 Å². The molecule has 0 aromatic rings. The van der Waals surface area contributed by atoms with Gasteiger partial charge in [-0.15, -0.1) is 0 Å². The van der Waals surface area contributed by atoms with Gasteiger partial charge in [-0.3, -0.25) is 0 Å². The zero-order valence-corrected chi connectivity index (χ0v) is 9.12. The van der Waals surface area contributed by atoms with Crippen LogP contribution < -0.4 is 0 Å². The van der Waals surface area contributed by atoms with Gasteiger partial charge in [0, 0.05) is 12.0 Å². The highest BCUT2D eigenvalue weighted by Crippen LogP contribution is 2.70. The molecule has 3 rings (SSSR count). The maximum Gasteiger partial charge on any atom is 0.0615 e. The first-order valence-corrected chi connectivity index (χ1v) is 5.85. The van der Waals surface area contributed by atoms with Crippen molar-refractivity contribution in [1.82, 2.24) is 0 Å². The Morgan fingerprint density at radius 2 is 2.07 bits per heavy atom. The fraction of sp³-hybridized carbons (Fsp3) is 1.00. The van der Waals surface area contributed by atoms with Gasteiger partial charge in [-0.05, 0) is 37.0 Å². The van der Waals surface area contributed by atoms with Crippen LogP contribution in [0.2, 0.25) is 0 Å². The molecule has 2 nitrogen and oxygen atoms in total. The van der Waals surface area contributed by atoms with Crippen LogP contribution in [-0.4, -0.2) is 23.9 Å². The summed E-state index contributed by atoms with van der Waals surface area (Å²) in [6.07, 6.45) is 5.86. The summed E-state index contributed by atoms with van der Waals surface area (Å²) in [4.78, 5) is 0. The summed E-state index contributed by atoms with van der Waals surface area (Å²) in [6.45, 7) is 4.93. The van der Waals surface area contributed by atoms with Crippen molar-refractivity contribution >= 4 is 0 Å². The molecule has 0 aromatic heterocycles. The molecule has 4 atom stereocenters. The van der Waals surface area contributed by atoms with Crippen molar-refractivity contribution in [2.24, 2.45) is 16.7 Å². The van der Waals surface area contributed by atoms with Crippen molar-refractivity contribution in [1.29, 1.82) is 0 Å². The molecule has 0 spiro atoms. The number of ether oxygens (including phenoxy) is 1. The van der Waals surface area contributed by atoms with Crippen molar-refractivity contribution in [3.8, 4) is 0 Å². The molecule has 2 aliphatic heterocycles. The largest absolute Gasteiger partial charge is 0.396 e. The minimum Gasteiger partial charge on any atom is -0.396 e. The summed E-state index contributed by atoms with van der Waals surface area (Å²) >= 11 is 0. The van der Waals surface area contributed by atoms with Crippen LogP contribution in [0.15, 0.2) is 0 Å². The third kappa shape index (κ3) is 0.938. The van der Waals surface area contributed by atoms with Crippen LogP contribution in [0.4, 0.5) is 0 Å². The lowest BCUT2D eigenvalue weighted by molar-refractivity contribution is 0.0489. The van der Waals surface area contributed by atoms with Gasteiger partial charge in [-0.1, -0.05) is 13.8 Å². The number of aliphatic hydroxyl groups excluding tert-OH is 1. The van der Waals surface area contributed by atoms with Gasteiger partial charge in [0.15, 0.2) is 0 Å². The van der Waals surface area contributed by atoms with Crippen molar-refractivity contribution in [2.45, 2.75) is 51.7 Å². The van der Waals surface area contributed by atoms with Crippen LogP contribution >= 0.6 is 0 Å². The number of hydrogen-bond donors (Lipinski definition) is 1. The van der Waals surface area contributed by atoms with E-state index in [0.29, 0.717) is 30.1 Å². The average molecular weight is 196 g/mol. The Bertz CT molecular complexity index is 261. The summed E-state index contributed by atoms with van der Waals surface area (Å²) in [7, 11) is 0. The molecule has 3 aliphatic rings. The molecule has 4 unspecified atom stereocenters. The van der Waals surface area contributed by atoms with E-state index < -0.39 is 0 Å². The predicted octanol–water partition coefficient (Wildman–Crippen LogP) is 1.96. The Morgan fingerprint density at radius 1 is 1.36 bits per heavy atom. The monoisotopic (exact) mass is 196 g/mol. The Balaban J connectivity index is 1.83. The van der Waals surface area contributed by atoms with E-state index in [9.17, 15) is 5.11 Å². The minimum atomic E-state index is 0.201. The molecule has 2 heteroatoms. The van der Waals surface area contributed by atoms with E-state index in [0.717, 1.165) is 0 Å². The van der Waals surface area contributed by atoms with Crippen LogP contribution in [0.3, 0.4) is 0 Å². The lowest BCUT2D eigenvalue weighted by atomic mass is 9.74. The van der Waals surface area contributed by atoms with Crippen molar-refractivity contribution in [2.75, 3.05) is 6.61 Å². The first kappa shape index (κ1) is 9.17. The van der Waals surface area contributed by atoms with Crippen LogP contribution in [0.5, 0.6) is 0 Å².